The van der Waals surface area contributed by atoms with Gasteiger partial charge in [0.2, 0.25) is 0 Å². The first-order valence-corrected chi connectivity index (χ1v) is 7.91. The van der Waals surface area contributed by atoms with Crippen LogP contribution >= 0.6 is 0 Å². The van der Waals surface area contributed by atoms with Crippen LogP contribution in [0, 0.1) is 5.92 Å². The van der Waals surface area contributed by atoms with Gasteiger partial charge in [0, 0.05) is 5.92 Å². The van der Waals surface area contributed by atoms with Crippen LogP contribution in [-0.2, 0) is 9.53 Å². The molecule has 0 amide bonds. The minimum atomic E-state index is -0.327. The van der Waals surface area contributed by atoms with Crippen molar-refractivity contribution in [2.24, 2.45) is 5.92 Å². The van der Waals surface area contributed by atoms with Crippen molar-refractivity contribution in [3.8, 4) is 0 Å². The van der Waals surface area contributed by atoms with Crippen LogP contribution in [0.4, 0.5) is 0 Å². The third kappa shape index (κ3) is 2.57. The molecule has 0 unspecified atom stereocenters. The second-order valence-electron chi connectivity index (χ2n) is 6.01. The Balaban J connectivity index is 1.99. The van der Waals surface area contributed by atoms with E-state index in [-0.39, 0.29) is 29.7 Å². The molecule has 3 atom stereocenters. The molecule has 0 spiro atoms. The average Bonchev–Trinajstić information content (AvgIpc) is 2.52. The standard InChI is InChI=1S/C18H22O3/c1-2-13(12-8-4-3-5-9-12)16-17(19)14-10-6-7-11-15(14)21-18(16)20/h3-5,8-9,13-15,19H,2,6-7,10-11H2,1H3/t13-,14-,15+/m0/s1. The maximum atomic E-state index is 12.4. The van der Waals surface area contributed by atoms with Gasteiger partial charge in [0.25, 0.3) is 0 Å². The molecule has 2 aliphatic rings. The number of hydrogen-bond donors (Lipinski definition) is 1. The number of aliphatic hydroxyl groups is 1. The monoisotopic (exact) mass is 286 g/mol. The normalized spacial score (nSPS) is 27.0. The third-order valence-electron chi connectivity index (χ3n) is 4.77. The molecule has 1 saturated carbocycles. The molecule has 21 heavy (non-hydrogen) atoms. The lowest BCUT2D eigenvalue weighted by molar-refractivity contribution is -0.152. The summed E-state index contributed by atoms with van der Waals surface area (Å²) in [6.45, 7) is 2.04. The van der Waals surface area contributed by atoms with E-state index in [1.54, 1.807) is 0 Å². The Morgan fingerprint density at radius 3 is 2.67 bits per heavy atom. The Morgan fingerprint density at radius 2 is 1.95 bits per heavy atom. The van der Waals surface area contributed by atoms with Crippen LogP contribution in [0.5, 0.6) is 0 Å². The van der Waals surface area contributed by atoms with E-state index in [2.05, 4.69) is 0 Å². The van der Waals surface area contributed by atoms with Gasteiger partial charge in [-0.05, 0) is 31.2 Å². The number of benzene rings is 1. The van der Waals surface area contributed by atoms with Crippen LogP contribution in [-0.4, -0.2) is 17.2 Å². The predicted molar refractivity (Wildman–Crippen MR) is 81.0 cm³/mol. The lowest BCUT2D eigenvalue weighted by atomic mass is 9.78. The Hall–Kier alpha value is -1.77. The largest absolute Gasteiger partial charge is 0.511 e. The van der Waals surface area contributed by atoms with Gasteiger partial charge in [-0.1, -0.05) is 43.7 Å². The molecule has 3 rings (SSSR count). The van der Waals surface area contributed by atoms with Gasteiger partial charge < -0.3 is 9.84 Å². The van der Waals surface area contributed by atoms with Crippen molar-refractivity contribution in [3.63, 3.8) is 0 Å². The lowest BCUT2D eigenvalue weighted by Gasteiger charge is -2.37. The number of carbonyl (C=O) groups excluding carboxylic acids is 1. The molecular formula is C18H22O3. The van der Waals surface area contributed by atoms with Gasteiger partial charge in [0.05, 0.1) is 11.5 Å². The van der Waals surface area contributed by atoms with E-state index >= 15 is 0 Å². The fourth-order valence-corrected chi connectivity index (χ4v) is 3.67. The first kappa shape index (κ1) is 14.2. The molecule has 1 N–H and O–H groups in total. The second-order valence-corrected chi connectivity index (χ2v) is 6.01. The lowest BCUT2D eigenvalue weighted by Crippen LogP contribution is -2.38. The molecule has 0 aromatic heterocycles. The van der Waals surface area contributed by atoms with Crippen LogP contribution < -0.4 is 0 Å². The highest BCUT2D eigenvalue weighted by Crippen LogP contribution is 2.41. The summed E-state index contributed by atoms with van der Waals surface area (Å²) in [7, 11) is 0. The Kier molecular flexibility index (Phi) is 4.00. The Morgan fingerprint density at radius 1 is 1.24 bits per heavy atom. The van der Waals surface area contributed by atoms with E-state index in [0.29, 0.717) is 5.57 Å². The van der Waals surface area contributed by atoms with Crippen molar-refractivity contribution >= 4 is 5.97 Å². The van der Waals surface area contributed by atoms with Crippen LogP contribution in [0.1, 0.15) is 50.5 Å². The predicted octanol–water partition coefficient (Wildman–Crippen LogP) is 4.11. The zero-order chi connectivity index (χ0) is 14.8. The zero-order valence-electron chi connectivity index (χ0n) is 12.4. The van der Waals surface area contributed by atoms with Gasteiger partial charge in [-0.15, -0.1) is 0 Å². The van der Waals surface area contributed by atoms with Gasteiger partial charge in [0.1, 0.15) is 11.9 Å². The number of hydrogen-bond acceptors (Lipinski definition) is 3. The van der Waals surface area contributed by atoms with Crippen LogP contribution in [0.2, 0.25) is 0 Å². The first-order valence-electron chi connectivity index (χ1n) is 7.91. The van der Waals surface area contributed by atoms with E-state index < -0.39 is 0 Å². The number of ether oxygens (including phenoxy) is 1. The summed E-state index contributed by atoms with van der Waals surface area (Å²) >= 11 is 0. The molecule has 0 bridgehead atoms. The Labute approximate surface area is 125 Å². The van der Waals surface area contributed by atoms with E-state index in [1.807, 2.05) is 37.3 Å². The van der Waals surface area contributed by atoms with Gasteiger partial charge in [-0.2, -0.15) is 0 Å². The first-order chi connectivity index (χ1) is 10.2. The van der Waals surface area contributed by atoms with Crippen molar-refractivity contribution in [1.82, 2.24) is 0 Å². The van der Waals surface area contributed by atoms with E-state index in [4.69, 9.17) is 4.74 Å². The van der Waals surface area contributed by atoms with Gasteiger partial charge in [-0.3, -0.25) is 0 Å². The molecular weight excluding hydrogens is 264 g/mol. The number of rotatable bonds is 3. The molecule has 1 aliphatic carbocycles. The highest BCUT2D eigenvalue weighted by molar-refractivity contribution is 5.92. The number of fused-ring (bicyclic) bond motifs is 1. The second kappa shape index (κ2) is 5.92. The highest BCUT2D eigenvalue weighted by atomic mass is 16.5. The average molecular weight is 286 g/mol. The van der Waals surface area contributed by atoms with E-state index in [0.717, 1.165) is 37.7 Å². The molecule has 1 aliphatic heterocycles. The summed E-state index contributed by atoms with van der Waals surface area (Å²) in [5.74, 6) is -0.121. The minimum Gasteiger partial charge on any atom is -0.511 e. The summed E-state index contributed by atoms with van der Waals surface area (Å²) in [6, 6.07) is 9.91. The third-order valence-corrected chi connectivity index (χ3v) is 4.77. The summed E-state index contributed by atoms with van der Waals surface area (Å²) < 4.78 is 5.62. The van der Waals surface area contributed by atoms with E-state index in [1.165, 1.54) is 0 Å². The molecule has 3 nitrogen and oxygen atoms in total. The molecule has 0 radical (unpaired) electrons. The molecule has 1 fully saturated rings. The maximum Gasteiger partial charge on any atom is 0.338 e. The maximum absolute atomic E-state index is 12.4. The number of aliphatic hydroxyl groups excluding tert-OH is 1. The molecule has 1 aromatic carbocycles. The summed E-state index contributed by atoms with van der Waals surface area (Å²) in [5.41, 5.74) is 1.54. The quantitative estimate of drug-likeness (QED) is 0.851. The number of esters is 1. The molecule has 1 heterocycles. The molecule has 3 heteroatoms. The van der Waals surface area contributed by atoms with Crippen molar-refractivity contribution < 1.29 is 14.6 Å². The van der Waals surface area contributed by atoms with Crippen LogP contribution in [0.15, 0.2) is 41.7 Å². The van der Waals surface area contributed by atoms with Gasteiger partial charge in [-0.25, -0.2) is 4.79 Å². The SMILES string of the molecule is CC[C@H](C1=C(O)[C@H]2CCCC[C@H]2OC1=O)c1ccccc1. The van der Waals surface area contributed by atoms with Crippen LogP contribution in [0.3, 0.4) is 0 Å². The topological polar surface area (TPSA) is 46.5 Å². The zero-order valence-corrected chi connectivity index (χ0v) is 12.4. The van der Waals surface area contributed by atoms with Gasteiger partial charge in [0.15, 0.2) is 0 Å². The highest BCUT2D eigenvalue weighted by Gasteiger charge is 2.41. The smallest absolute Gasteiger partial charge is 0.338 e. The van der Waals surface area contributed by atoms with Crippen molar-refractivity contribution in [3.05, 3.63) is 47.2 Å². The van der Waals surface area contributed by atoms with Gasteiger partial charge >= 0.3 is 5.97 Å². The Bertz CT molecular complexity index is 547. The van der Waals surface area contributed by atoms with Crippen molar-refractivity contribution in [1.29, 1.82) is 0 Å². The summed E-state index contributed by atoms with van der Waals surface area (Å²) in [6.07, 6.45) is 4.61. The molecule has 112 valence electrons. The molecule has 1 aromatic rings. The minimum absolute atomic E-state index is 0.00390. The summed E-state index contributed by atoms with van der Waals surface area (Å²) in [5, 5.41) is 10.7. The number of carbonyl (C=O) groups is 1. The van der Waals surface area contributed by atoms with Crippen LogP contribution in [0.25, 0.3) is 0 Å². The summed E-state index contributed by atoms with van der Waals surface area (Å²) in [4.78, 5) is 12.4. The van der Waals surface area contributed by atoms with E-state index in [9.17, 15) is 9.90 Å². The van der Waals surface area contributed by atoms with Crippen molar-refractivity contribution in [2.75, 3.05) is 0 Å². The van der Waals surface area contributed by atoms with Crippen molar-refractivity contribution in [2.45, 2.75) is 51.0 Å². The fraction of sp³-hybridized carbons (Fsp3) is 0.500. The molecule has 0 saturated heterocycles. The fourth-order valence-electron chi connectivity index (χ4n) is 3.67.